The van der Waals surface area contributed by atoms with E-state index in [2.05, 4.69) is 0 Å². The molecule has 2 saturated carbocycles. The maximum atomic E-state index is 14.1. The Morgan fingerprint density at radius 2 is 2.00 bits per heavy atom. The molecule has 4 rings (SSSR count). The molecule has 1 aromatic rings. The van der Waals surface area contributed by atoms with Crippen LogP contribution in [0.25, 0.3) is 0 Å². The van der Waals surface area contributed by atoms with E-state index in [1.807, 2.05) is 0 Å². The quantitative estimate of drug-likeness (QED) is 0.912. The minimum Gasteiger partial charge on any atom is -0.481 e. The highest BCUT2D eigenvalue weighted by Gasteiger charge is 2.66. The van der Waals surface area contributed by atoms with Gasteiger partial charge >= 0.3 is 5.97 Å². The molecule has 4 nitrogen and oxygen atoms in total. The summed E-state index contributed by atoms with van der Waals surface area (Å²) in [5.74, 6) is -4.29. The normalized spacial score (nSPS) is 35.4. The van der Waals surface area contributed by atoms with Crippen molar-refractivity contribution < 1.29 is 28.2 Å². The van der Waals surface area contributed by atoms with Crippen molar-refractivity contribution in [3.05, 3.63) is 35.4 Å². The van der Waals surface area contributed by atoms with Gasteiger partial charge in [0.1, 0.15) is 11.6 Å². The number of carboxylic acid groups (broad SMARTS) is 1. The Morgan fingerprint density at radius 1 is 1.27 bits per heavy atom. The lowest BCUT2D eigenvalue weighted by molar-refractivity contribution is -0.205. The zero-order valence-corrected chi connectivity index (χ0v) is 11.8. The van der Waals surface area contributed by atoms with Gasteiger partial charge in [-0.2, -0.15) is 0 Å². The summed E-state index contributed by atoms with van der Waals surface area (Å²) in [6.07, 6.45) is 0.911. The largest absolute Gasteiger partial charge is 0.481 e. The zero-order valence-electron chi connectivity index (χ0n) is 11.8. The highest BCUT2D eigenvalue weighted by molar-refractivity contribution is 5.72. The molecule has 6 heteroatoms. The molecule has 1 aromatic carbocycles. The van der Waals surface area contributed by atoms with Crippen LogP contribution in [0.1, 0.15) is 24.3 Å². The molecule has 0 amide bonds. The Balaban J connectivity index is 1.73. The maximum absolute atomic E-state index is 14.1. The Labute approximate surface area is 126 Å². The zero-order chi connectivity index (χ0) is 15.5. The van der Waals surface area contributed by atoms with Crippen LogP contribution in [-0.4, -0.2) is 30.1 Å². The number of halogens is 2. The predicted molar refractivity (Wildman–Crippen MR) is 71.1 cm³/mol. The molecular weight excluding hydrogens is 294 g/mol. The number of rotatable bonds is 2. The first-order valence-electron chi connectivity index (χ1n) is 7.47. The summed E-state index contributed by atoms with van der Waals surface area (Å²) < 4.78 is 39.0. The lowest BCUT2D eigenvalue weighted by Gasteiger charge is -2.39. The summed E-state index contributed by atoms with van der Waals surface area (Å²) in [7, 11) is 0. The van der Waals surface area contributed by atoms with E-state index in [-0.39, 0.29) is 23.8 Å². The highest BCUT2D eigenvalue weighted by atomic mass is 19.1. The van der Waals surface area contributed by atoms with Crippen molar-refractivity contribution in [2.75, 3.05) is 13.2 Å². The van der Waals surface area contributed by atoms with Crippen molar-refractivity contribution in [2.24, 2.45) is 17.8 Å². The molecule has 3 aliphatic rings. The van der Waals surface area contributed by atoms with E-state index in [1.165, 1.54) is 0 Å². The van der Waals surface area contributed by atoms with Crippen LogP contribution < -0.4 is 0 Å². The van der Waals surface area contributed by atoms with Gasteiger partial charge in [-0.25, -0.2) is 8.78 Å². The van der Waals surface area contributed by atoms with Gasteiger partial charge in [-0.15, -0.1) is 0 Å². The van der Waals surface area contributed by atoms with Crippen LogP contribution in [0.15, 0.2) is 18.2 Å². The Morgan fingerprint density at radius 3 is 2.68 bits per heavy atom. The van der Waals surface area contributed by atoms with Crippen molar-refractivity contribution in [1.29, 1.82) is 0 Å². The molecule has 1 saturated heterocycles. The average molecular weight is 310 g/mol. The first-order valence-corrected chi connectivity index (χ1v) is 7.47. The van der Waals surface area contributed by atoms with Crippen molar-refractivity contribution >= 4 is 5.97 Å². The number of fused-ring (bicyclic) bond motifs is 2. The summed E-state index contributed by atoms with van der Waals surface area (Å²) in [4.78, 5) is 11.7. The van der Waals surface area contributed by atoms with Gasteiger partial charge in [0.2, 0.25) is 0 Å². The van der Waals surface area contributed by atoms with E-state index in [0.29, 0.717) is 13.2 Å². The van der Waals surface area contributed by atoms with E-state index >= 15 is 0 Å². The first kappa shape index (κ1) is 14.1. The molecule has 4 atom stereocenters. The van der Waals surface area contributed by atoms with Crippen LogP contribution in [0, 0.1) is 29.4 Å². The predicted octanol–water partition coefficient (Wildman–Crippen LogP) is 2.53. The summed E-state index contributed by atoms with van der Waals surface area (Å²) >= 11 is 0. The van der Waals surface area contributed by atoms with Crippen LogP contribution in [0.4, 0.5) is 8.78 Å². The van der Waals surface area contributed by atoms with Gasteiger partial charge in [0.25, 0.3) is 0 Å². The molecule has 0 radical (unpaired) electrons. The minimum atomic E-state index is -1.02. The van der Waals surface area contributed by atoms with Gasteiger partial charge in [-0.1, -0.05) is 0 Å². The van der Waals surface area contributed by atoms with Gasteiger partial charge in [-0.05, 0) is 36.1 Å². The average Bonchev–Trinajstić information content (AvgIpc) is 3.16. The Bertz CT molecular complexity index is 627. The number of carboxylic acids is 1. The van der Waals surface area contributed by atoms with Gasteiger partial charge in [0.15, 0.2) is 5.79 Å². The second-order valence-corrected chi connectivity index (χ2v) is 6.36. The van der Waals surface area contributed by atoms with E-state index in [4.69, 9.17) is 9.47 Å². The van der Waals surface area contributed by atoms with Gasteiger partial charge in [-0.3, -0.25) is 4.79 Å². The van der Waals surface area contributed by atoms with Crippen LogP contribution in [0.5, 0.6) is 0 Å². The molecule has 1 aliphatic heterocycles. The van der Waals surface area contributed by atoms with E-state index in [1.54, 1.807) is 0 Å². The van der Waals surface area contributed by atoms with Crippen molar-refractivity contribution in [3.63, 3.8) is 0 Å². The van der Waals surface area contributed by atoms with Crippen molar-refractivity contribution in [1.82, 2.24) is 0 Å². The highest BCUT2D eigenvalue weighted by Crippen LogP contribution is 2.65. The third-order valence-corrected chi connectivity index (χ3v) is 5.21. The Hall–Kier alpha value is -1.53. The summed E-state index contributed by atoms with van der Waals surface area (Å²) in [5, 5.41) is 9.58. The fourth-order valence-corrected chi connectivity index (χ4v) is 4.26. The second kappa shape index (κ2) is 4.73. The third kappa shape index (κ3) is 1.97. The topological polar surface area (TPSA) is 55.8 Å². The van der Waals surface area contributed by atoms with E-state index in [0.717, 1.165) is 24.6 Å². The summed E-state index contributed by atoms with van der Waals surface area (Å²) in [6.45, 7) is 0.906. The van der Waals surface area contributed by atoms with E-state index in [9.17, 15) is 18.7 Å². The number of benzene rings is 1. The fraction of sp³-hybridized carbons (Fsp3) is 0.562. The third-order valence-electron chi connectivity index (χ3n) is 5.21. The molecule has 0 bridgehead atoms. The molecule has 4 unspecified atom stereocenters. The molecule has 22 heavy (non-hydrogen) atoms. The SMILES string of the molecule is O=C(O)C1CC2(OCCO2)C2CC2C1c1cc(F)ccc1F. The summed E-state index contributed by atoms with van der Waals surface area (Å²) in [5.41, 5.74) is 0.160. The maximum Gasteiger partial charge on any atom is 0.307 e. The number of carbonyl (C=O) groups is 1. The molecule has 118 valence electrons. The molecule has 1 N–H and O–H groups in total. The monoisotopic (exact) mass is 310 g/mol. The first-order chi connectivity index (χ1) is 10.5. The standard InChI is InChI=1S/C16H16F2O4/c17-8-1-2-13(18)10(5-8)14-9-6-12(9)16(21-3-4-22-16)7-11(14)15(19)20/h1-2,5,9,11-12,14H,3-4,6-7H2,(H,19,20). The van der Waals surface area contributed by atoms with Crippen LogP contribution in [-0.2, 0) is 14.3 Å². The lowest BCUT2D eigenvalue weighted by atomic mass is 9.72. The molecule has 2 aliphatic carbocycles. The minimum absolute atomic E-state index is 0.0377. The molecule has 1 heterocycles. The molecule has 1 spiro atoms. The van der Waals surface area contributed by atoms with E-state index < -0.39 is 35.2 Å². The number of aliphatic carboxylic acids is 1. The fourth-order valence-electron chi connectivity index (χ4n) is 4.26. The van der Waals surface area contributed by atoms with Gasteiger partial charge in [0, 0.05) is 18.3 Å². The number of ether oxygens (including phenoxy) is 2. The van der Waals surface area contributed by atoms with Gasteiger partial charge < -0.3 is 14.6 Å². The number of hydrogen-bond acceptors (Lipinski definition) is 3. The Kier molecular flexibility index (Phi) is 3.03. The van der Waals surface area contributed by atoms with Crippen molar-refractivity contribution in [2.45, 2.75) is 24.5 Å². The van der Waals surface area contributed by atoms with Gasteiger partial charge in [0.05, 0.1) is 19.1 Å². The second-order valence-electron chi connectivity index (χ2n) is 6.36. The molecule has 3 fully saturated rings. The summed E-state index contributed by atoms with van der Waals surface area (Å²) in [6, 6.07) is 3.24. The smallest absolute Gasteiger partial charge is 0.307 e. The van der Waals surface area contributed by atoms with Crippen LogP contribution >= 0.6 is 0 Å². The molecule has 0 aromatic heterocycles. The van der Waals surface area contributed by atoms with Crippen LogP contribution in [0.2, 0.25) is 0 Å². The molecular formula is C16H16F2O4. The number of hydrogen-bond donors (Lipinski definition) is 1. The van der Waals surface area contributed by atoms with Crippen molar-refractivity contribution in [3.8, 4) is 0 Å². The lowest BCUT2D eigenvalue weighted by Crippen LogP contribution is -2.44. The van der Waals surface area contributed by atoms with Crippen LogP contribution in [0.3, 0.4) is 0 Å².